The molecule has 0 saturated heterocycles. The average Bonchev–Trinajstić information content (AvgIpc) is 3.12. The zero-order valence-electron chi connectivity index (χ0n) is 11.6. The van der Waals surface area contributed by atoms with E-state index in [2.05, 4.69) is 9.82 Å². The summed E-state index contributed by atoms with van der Waals surface area (Å²) in [6, 6.07) is 4.29. The van der Waals surface area contributed by atoms with E-state index in [1.165, 1.54) is 25.2 Å². The summed E-state index contributed by atoms with van der Waals surface area (Å²) in [7, 11) is -2.18. The summed E-state index contributed by atoms with van der Waals surface area (Å²) in [6.45, 7) is 1.85. The number of aromatic nitrogens is 2. The van der Waals surface area contributed by atoms with E-state index in [0.717, 1.165) is 17.5 Å². The van der Waals surface area contributed by atoms with Gasteiger partial charge in [0.2, 0.25) is 10.0 Å². The summed E-state index contributed by atoms with van der Waals surface area (Å²) >= 11 is 5.98. The number of nitrogens with one attached hydrogen (secondary N) is 1. The molecule has 0 radical (unpaired) electrons. The Bertz CT molecular complexity index is 901. The summed E-state index contributed by atoms with van der Waals surface area (Å²) in [6.07, 6.45) is 1.63. The zero-order valence-corrected chi connectivity index (χ0v) is 13.1. The second-order valence-electron chi connectivity index (χ2n) is 5.59. The van der Waals surface area contributed by atoms with Crippen LogP contribution in [0.2, 0.25) is 5.15 Å². The number of nitrogens with zero attached hydrogens (tertiary/aromatic N) is 2. The largest absolute Gasteiger partial charge is 0.274 e. The smallest absolute Gasteiger partial charge is 0.267 e. The first-order chi connectivity index (χ1) is 9.72. The molecule has 8 heteroatoms. The molecule has 0 aliphatic heterocycles. The molecule has 0 spiro atoms. The van der Waals surface area contributed by atoms with Crippen molar-refractivity contribution in [2.24, 2.45) is 7.05 Å². The Kier molecular flexibility index (Phi) is 3.12. The molecule has 1 aromatic carbocycles. The fourth-order valence-electron chi connectivity index (χ4n) is 2.13. The Hall–Kier alpha value is -1.44. The molecule has 0 bridgehead atoms. The van der Waals surface area contributed by atoms with Gasteiger partial charge in [-0.2, -0.15) is 5.10 Å². The predicted octanol–water partition coefficient (Wildman–Crippen LogP) is 1.42. The third-order valence-corrected chi connectivity index (χ3v) is 5.58. The van der Waals surface area contributed by atoms with E-state index in [1.807, 2.05) is 6.92 Å². The van der Waals surface area contributed by atoms with Crippen molar-refractivity contribution in [1.82, 2.24) is 14.5 Å². The highest BCUT2D eigenvalue weighted by atomic mass is 35.5. The number of halogens is 1. The van der Waals surface area contributed by atoms with Gasteiger partial charge in [-0.25, -0.2) is 17.8 Å². The zero-order chi connectivity index (χ0) is 15.4. The minimum atomic E-state index is -3.65. The normalized spacial score (nSPS) is 17.1. The molecular weight excluding hydrogens is 314 g/mol. The number of sulfonamides is 1. The average molecular weight is 328 g/mol. The van der Waals surface area contributed by atoms with E-state index in [0.29, 0.717) is 5.39 Å². The standard InChI is InChI=1S/C13H14ClN3O3S/c1-13(5-6-13)16-21(19,20)8-3-4-9-10(7-8)12(18)17(2)15-11(9)14/h3-4,7,16H,5-6H2,1-2H3. The molecule has 21 heavy (non-hydrogen) atoms. The lowest BCUT2D eigenvalue weighted by molar-refractivity contribution is 0.558. The Morgan fingerprint density at radius 1 is 1.33 bits per heavy atom. The molecule has 1 fully saturated rings. The van der Waals surface area contributed by atoms with Crippen LogP contribution >= 0.6 is 11.6 Å². The predicted molar refractivity (Wildman–Crippen MR) is 80.0 cm³/mol. The first-order valence-electron chi connectivity index (χ1n) is 6.42. The van der Waals surface area contributed by atoms with Crippen LogP contribution in [0.5, 0.6) is 0 Å². The van der Waals surface area contributed by atoms with Gasteiger partial charge in [0.05, 0.1) is 10.3 Å². The number of rotatable bonds is 3. The summed E-state index contributed by atoms with van der Waals surface area (Å²) in [5.74, 6) is 0. The topological polar surface area (TPSA) is 81.1 Å². The molecule has 1 N–H and O–H groups in total. The van der Waals surface area contributed by atoms with Crippen LogP contribution in [-0.2, 0) is 17.1 Å². The fourth-order valence-corrected chi connectivity index (χ4v) is 3.89. The van der Waals surface area contributed by atoms with Crippen molar-refractivity contribution in [1.29, 1.82) is 0 Å². The molecule has 2 aromatic rings. The van der Waals surface area contributed by atoms with Gasteiger partial charge in [-0.3, -0.25) is 4.79 Å². The number of benzene rings is 1. The summed E-state index contributed by atoms with van der Waals surface area (Å²) in [4.78, 5) is 12.1. The van der Waals surface area contributed by atoms with Crippen molar-refractivity contribution >= 4 is 32.4 Å². The highest BCUT2D eigenvalue weighted by molar-refractivity contribution is 7.89. The number of hydrogen-bond acceptors (Lipinski definition) is 4. The quantitative estimate of drug-likeness (QED) is 0.924. The van der Waals surface area contributed by atoms with Crippen molar-refractivity contribution in [3.8, 4) is 0 Å². The van der Waals surface area contributed by atoms with Crippen LogP contribution in [-0.4, -0.2) is 23.7 Å². The van der Waals surface area contributed by atoms with Crippen molar-refractivity contribution in [2.75, 3.05) is 0 Å². The van der Waals surface area contributed by atoms with Gasteiger partial charge in [-0.05, 0) is 38.0 Å². The lowest BCUT2D eigenvalue weighted by Crippen LogP contribution is -2.34. The Balaban J connectivity index is 2.17. The minimum Gasteiger partial charge on any atom is -0.267 e. The second kappa shape index (κ2) is 4.53. The van der Waals surface area contributed by atoms with E-state index in [4.69, 9.17) is 11.6 Å². The monoisotopic (exact) mass is 327 g/mol. The van der Waals surface area contributed by atoms with Crippen LogP contribution in [0.15, 0.2) is 27.9 Å². The maximum Gasteiger partial charge on any atom is 0.274 e. The lowest BCUT2D eigenvalue weighted by Gasteiger charge is -2.12. The molecule has 1 aliphatic rings. The van der Waals surface area contributed by atoms with E-state index < -0.39 is 10.0 Å². The van der Waals surface area contributed by atoms with Crippen molar-refractivity contribution < 1.29 is 8.42 Å². The summed E-state index contributed by atoms with van der Waals surface area (Å²) < 4.78 is 28.4. The molecule has 0 unspecified atom stereocenters. The molecule has 1 saturated carbocycles. The molecule has 3 rings (SSSR count). The first-order valence-corrected chi connectivity index (χ1v) is 8.29. The van der Waals surface area contributed by atoms with Crippen LogP contribution in [0.4, 0.5) is 0 Å². The van der Waals surface area contributed by atoms with Crippen LogP contribution in [0.1, 0.15) is 19.8 Å². The van der Waals surface area contributed by atoms with Gasteiger partial charge in [0.25, 0.3) is 5.56 Å². The van der Waals surface area contributed by atoms with Gasteiger partial charge in [0.15, 0.2) is 5.15 Å². The molecule has 0 atom stereocenters. The van der Waals surface area contributed by atoms with E-state index >= 15 is 0 Å². The van der Waals surface area contributed by atoms with Gasteiger partial charge in [-0.15, -0.1) is 0 Å². The van der Waals surface area contributed by atoms with Crippen molar-refractivity contribution in [3.63, 3.8) is 0 Å². The highest BCUT2D eigenvalue weighted by Crippen LogP contribution is 2.36. The molecular formula is C13H14ClN3O3S. The van der Waals surface area contributed by atoms with Crippen LogP contribution < -0.4 is 10.3 Å². The van der Waals surface area contributed by atoms with Gasteiger partial charge in [-0.1, -0.05) is 11.6 Å². The van der Waals surface area contributed by atoms with E-state index in [1.54, 1.807) is 0 Å². The minimum absolute atomic E-state index is 0.0579. The Morgan fingerprint density at radius 2 is 2.00 bits per heavy atom. The molecule has 1 aliphatic carbocycles. The maximum atomic E-state index is 12.3. The first kappa shape index (κ1) is 14.5. The highest BCUT2D eigenvalue weighted by Gasteiger charge is 2.41. The van der Waals surface area contributed by atoms with Crippen LogP contribution in [0, 0.1) is 0 Å². The van der Waals surface area contributed by atoms with Gasteiger partial charge in [0.1, 0.15) is 0 Å². The number of hydrogen-bond donors (Lipinski definition) is 1. The second-order valence-corrected chi connectivity index (χ2v) is 7.63. The SMILES string of the molecule is Cn1nc(Cl)c2ccc(S(=O)(=O)NC3(C)CC3)cc2c1=O. The Morgan fingerprint density at radius 3 is 2.62 bits per heavy atom. The van der Waals surface area contributed by atoms with Crippen molar-refractivity contribution in [3.05, 3.63) is 33.7 Å². The fraction of sp³-hybridized carbons (Fsp3) is 0.385. The number of fused-ring (bicyclic) bond motifs is 1. The third kappa shape index (κ3) is 2.56. The molecule has 0 amide bonds. The summed E-state index contributed by atoms with van der Waals surface area (Å²) in [5.41, 5.74) is -0.752. The van der Waals surface area contributed by atoms with Crippen molar-refractivity contribution in [2.45, 2.75) is 30.2 Å². The van der Waals surface area contributed by atoms with Gasteiger partial charge in [0, 0.05) is 18.0 Å². The van der Waals surface area contributed by atoms with Crippen LogP contribution in [0.3, 0.4) is 0 Å². The third-order valence-electron chi connectivity index (χ3n) is 3.67. The molecule has 112 valence electrons. The summed E-state index contributed by atoms with van der Waals surface area (Å²) in [5, 5.41) is 4.71. The van der Waals surface area contributed by atoms with Gasteiger partial charge >= 0.3 is 0 Å². The maximum absolute atomic E-state index is 12.3. The van der Waals surface area contributed by atoms with E-state index in [9.17, 15) is 13.2 Å². The molecule has 6 nitrogen and oxygen atoms in total. The Labute approximate surface area is 126 Å². The molecule has 1 aromatic heterocycles. The molecule has 1 heterocycles. The number of aryl methyl sites for hydroxylation is 1. The van der Waals surface area contributed by atoms with Crippen LogP contribution in [0.25, 0.3) is 10.8 Å². The lowest BCUT2D eigenvalue weighted by atomic mass is 10.2. The van der Waals surface area contributed by atoms with Gasteiger partial charge < -0.3 is 0 Å². The van der Waals surface area contributed by atoms with E-state index in [-0.39, 0.29) is 26.5 Å².